The summed E-state index contributed by atoms with van der Waals surface area (Å²) in [6, 6.07) is 8.29. The molecule has 0 aliphatic carbocycles. The molecule has 0 aliphatic rings. The molecule has 0 N–H and O–H groups in total. The van der Waals surface area contributed by atoms with Crippen molar-refractivity contribution in [1.29, 1.82) is 0 Å². The van der Waals surface area contributed by atoms with E-state index in [4.69, 9.17) is 11.6 Å². The fraction of sp³-hybridized carbons (Fsp3) is 0.353. The number of aromatic nitrogens is 4. The summed E-state index contributed by atoms with van der Waals surface area (Å²) in [7, 11) is -3.77. The lowest BCUT2D eigenvalue weighted by Crippen LogP contribution is -2.33. The number of nitrogens with zero attached hydrogens (tertiary/aromatic N) is 5. The maximum atomic E-state index is 13.1. The molecule has 2 aromatic heterocycles. The van der Waals surface area contributed by atoms with Crippen LogP contribution >= 0.6 is 11.6 Å². The first-order valence-corrected chi connectivity index (χ1v) is 10.1. The number of anilines is 1. The van der Waals surface area contributed by atoms with E-state index in [1.807, 2.05) is 6.92 Å². The van der Waals surface area contributed by atoms with Gasteiger partial charge in [0, 0.05) is 6.54 Å². The number of fused-ring (bicyclic) bond motifs is 1. The van der Waals surface area contributed by atoms with Crippen molar-refractivity contribution < 1.29 is 8.42 Å². The van der Waals surface area contributed by atoms with Gasteiger partial charge in [0.25, 0.3) is 21.7 Å². The van der Waals surface area contributed by atoms with Gasteiger partial charge in [0.1, 0.15) is 0 Å². The molecule has 0 amide bonds. The molecular formula is C17H20ClN5O2S. The minimum Gasteiger partial charge on any atom is -0.232 e. The Labute approximate surface area is 157 Å². The molecule has 0 saturated carbocycles. The SMILES string of the molecule is CCCCN(c1nc2nc(C)c(Cl)c(C)n2n1)S(=O)(=O)c1ccccc1. The van der Waals surface area contributed by atoms with Gasteiger partial charge in [0.15, 0.2) is 0 Å². The minimum absolute atomic E-state index is 0.0968. The zero-order valence-electron chi connectivity index (χ0n) is 14.8. The van der Waals surface area contributed by atoms with Crippen LogP contribution < -0.4 is 4.31 Å². The van der Waals surface area contributed by atoms with Crippen LogP contribution in [0.3, 0.4) is 0 Å². The van der Waals surface area contributed by atoms with E-state index in [0.29, 0.717) is 28.6 Å². The number of hydrogen-bond donors (Lipinski definition) is 0. The van der Waals surface area contributed by atoms with Crippen LogP contribution in [0.2, 0.25) is 5.02 Å². The molecule has 0 spiro atoms. The van der Waals surface area contributed by atoms with Gasteiger partial charge in [-0.05, 0) is 32.4 Å². The Bertz CT molecular complexity index is 1030. The molecular weight excluding hydrogens is 374 g/mol. The molecule has 0 unspecified atom stereocenters. The Morgan fingerprint density at radius 2 is 1.85 bits per heavy atom. The molecule has 0 bridgehead atoms. The third-order valence-corrected chi connectivity index (χ3v) is 6.41. The number of unbranched alkanes of at least 4 members (excludes halogenated alkanes) is 1. The molecule has 0 saturated heterocycles. The van der Waals surface area contributed by atoms with E-state index in [2.05, 4.69) is 15.1 Å². The van der Waals surface area contributed by atoms with Crippen molar-refractivity contribution >= 4 is 33.4 Å². The van der Waals surface area contributed by atoms with Gasteiger partial charge in [-0.3, -0.25) is 0 Å². The molecule has 3 aromatic rings. The van der Waals surface area contributed by atoms with Crippen molar-refractivity contribution in [2.45, 2.75) is 38.5 Å². The Balaban J connectivity index is 2.15. The van der Waals surface area contributed by atoms with E-state index in [1.165, 1.54) is 8.82 Å². The zero-order chi connectivity index (χ0) is 18.9. The highest BCUT2D eigenvalue weighted by atomic mass is 35.5. The van der Waals surface area contributed by atoms with E-state index >= 15 is 0 Å². The van der Waals surface area contributed by atoms with Crippen LogP contribution in [0, 0.1) is 13.8 Å². The smallest absolute Gasteiger partial charge is 0.232 e. The van der Waals surface area contributed by atoms with Gasteiger partial charge >= 0.3 is 0 Å². The van der Waals surface area contributed by atoms with Crippen molar-refractivity contribution in [3.8, 4) is 0 Å². The van der Waals surface area contributed by atoms with Gasteiger partial charge < -0.3 is 0 Å². The molecule has 2 heterocycles. The van der Waals surface area contributed by atoms with E-state index in [9.17, 15) is 8.42 Å². The van der Waals surface area contributed by atoms with Crippen molar-refractivity contribution in [1.82, 2.24) is 19.6 Å². The lowest BCUT2D eigenvalue weighted by molar-refractivity contribution is 0.587. The summed E-state index contributed by atoms with van der Waals surface area (Å²) in [6.45, 7) is 5.86. The molecule has 9 heteroatoms. The number of hydrogen-bond acceptors (Lipinski definition) is 5. The quantitative estimate of drug-likeness (QED) is 0.641. The Hall–Kier alpha value is -2.19. The highest BCUT2D eigenvalue weighted by Gasteiger charge is 2.28. The largest absolute Gasteiger partial charge is 0.266 e. The van der Waals surface area contributed by atoms with Crippen LogP contribution in [0.5, 0.6) is 0 Å². The predicted octanol–water partition coefficient (Wildman–Crippen LogP) is 3.39. The monoisotopic (exact) mass is 393 g/mol. The summed E-state index contributed by atoms with van der Waals surface area (Å²) in [5.41, 5.74) is 1.29. The van der Waals surface area contributed by atoms with Crippen LogP contribution in [0.1, 0.15) is 31.2 Å². The van der Waals surface area contributed by atoms with E-state index in [1.54, 1.807) is 44.2 Å². The Morgan fingerprint density at radius 3 is 2.50 bits per heavy atom. The maximum Gasteiger partial charge on any atom is 0.266 e. The molecule has 0 radical (unpaired) electrons. The van der Waals surface area contributed by atoms with Gasteiger partial charge in [-0.15, -0.1) is 5.10 Å². The second kappa shape index (κ2) is 7.20. The highest BCUT2D eigenvalue weighted by Crippen LogP contribution is 2.24. The Morgan fingerprint density at radius 1 is 1.15 bits per heavy atom. The summed E-state index contributed by atoms with van der Waals surface area (Å²) >= 11 is 6.23. The van der Waals surface area contributed by atoms with Crippen molar-refractivity contribution in [3.63, 3.8) is 0 Å². The summed E-state index contributed by atoms with van der Waals surface area (Å²) in [5, 5.41) is 4.85. The first-order chi connectivity index (χ1) is 12.4. The Kier molecular flexibility index (Phi) is 5.15. The number of benzene rings is 1. The fourth-order valence-corrected chi connectivity index (χ4v) is 4.14. The number of rotatable bonds is 6. The average molecular weight is 394 g/mol. The molecule has 1 aromatic carbocycles. The molecule has 0 atom stereocenters. The first kappa shape index (κ1) is 18.6. The summed E-state index contributed by atoms with van der Waals surface area (Å²) < 4.78 is 29.0. The predicted molar refractivity (Wildman–Crippen MR) is 101 cm³/mol. The van der Waals surface area contributed by atoms with Crippen molar-refractivity contribution in [3.05, 3.63) is 46.7 Å². The standard InChI is InChI=1S/C17H20ClN5O2S/c1-4-5-11-22(26(24,25)14-9-7-6-8-10-14)17-20-16-19-12(2)15(18)13(3)23(16)21-17/h6-10H,4-5,11H2,1-3H3. The lowest BCUT2D eigenvalue weighted by Gasteiger charge is -2.20. The van der Waals surface area contributed by atoms with Crippen LogP contribution in [-0.2, 0) is 10.0 Å². The normalized spacial score (nSPS) is 11.8. The second-order valence-corrected chi connectivity index (χ2v) is 8.20. The van der Waals surface area contributed by atoms with Gasteiger partial charge in [0.2, 0.25) is 0 Å². The summed E-state index contributed by atoms with van der Waals surface area (Å²) in [5.74, 6) is 0.420. The molecule has 138 valence electrons. The first-order valence-electron chi connectivity index (χ1n) is 8.33. The molecule has 26 heavy (non-hydrogen) atoms. The lowest BCUT2D eigenvalue weighted by atomic mass is 10.3. The van der Waals surface area contributed by atoms with Crippen LogP contribution in [-0.4, -0.2) is 34.5 Å². The van der Waals surface area contributed by atoms with Gasteiger partial charge in [-0.1, -0.05) is 43.1 Å². The van der Waals surface area contributed by atoms with E-state index in [-0.39, 0.29) is 17.4 Å². The molecule has 0 fully saturated rings. The third-order valence-electron chi connectivity index (χ3n) is 4.07. The number of halogens is 1. The molecule has 0 aliphatic heterocycles. The second-order valence-electron chi connectivity index (χ2n) is 5.96. The van der Waals surface area contributed by atoms with Crippen LogP contribution in [0.15, 0.2) is 35.2 Å². The summed E-state index contributed by atoms with van der Waals surface area (Å²) in [4.78, 5) is 8.86. The van der Waals surface area contributed by atoms with Crippen LogP contribution in [0.4, 0.5) is 5.95 Å². The maximum absolute atomic E-state index is 13.1. The molecule has 7 nitrogen and oxygen atoms in total. The van der Waals surface area contributed by atoms with Gasteiger partial charge in [0.05, 0.1) is 21.3 Å². The molecule has 3 rings (SSSR count). The van der Waals surface area contributed by atoms with Crippen molar-refractivity contribution in [2.75, 3.05) is 10.8 Å². The van der Waals surface area contributed by atoms with Crippen LogP contribution in [0.25, 0.3) is 5.78 Å². The van der Waals surface area contributed by atoms with Gasteiger partial charge in [-0.2, -0.15) is 9.50 Å². The topological polar surface area (TPSA) is 80.5 Å². The van der Waals surface area contributed by atoms with Crippen molar-refractivity contribution in [2.24, 2.45) is 0 Å². The third kappa shape index (κ3) is 3.26. The fourth-order valence-electron chi connectivity index (χ4n) is 2.60. The van der Waals surface area contributed by atoms with E-state index < -0.39 is 10.0 Å². The number of sulfonamides is 1. The highest BCUT2D eigenvalue weighted by molar-refractivity contribution is 7.92. The summed E-state index contributed by atoms with van der Waals surface area (Å²) in [6.07, 6.45) is 1.53. The van der Waals surface area contributed by atoms with Gasteiger partial charge in [-0.25, -0.2) is 17.7 Å². The minimum atomic E-state index is -3.77. The number of aryl methyl sites for hydroxylation is 2. The average Bonchev–Trinajstić information content (AvgIpc) is 3.04. The van der Waals surface area contributed by atoms with E-state index in [0.717, 1.165) is 6.42 Å². The zero-order valence-corrected chi connectivity index (χ0v) is 16.4.